The van der Waals surface area contributed by atoms with Gasteiger partial charge in [0.25, 0.3) is 5.56 Å². The van der Waals surface area contributed by atoms with E-state index in [4.69, 9.17) is 4.74 Å². The number of benzene rings is 2. The average molecular weight is 539 g/mol. The molecule has 3 N–H and O–H groups in total. The van der Waals surface area contributed by atoms with Gasteiger partial charge in [0.2, 0.25) is 5.95 Å². The zero-order valence-corrected chi connectivity index (χ0v) is 20.6. The minimum Gasteiger partial charge on any atom is -0.457 e. The smallest absolute Gasteiger partial charge is 0.261 e. The van der Waals surface area contributed by atoms with E-state index < -0.39 is 0 Å². The lowest BCUT2D eigenvalue weighted by molar-refractivity contribution is 0.263. The Hall–Kier alpha value is -3.50. The molecule has 180 valence electrons. The van der Waals surface area contributed by atoms with Crippen LogP contribution in [0.5, 0.6) is 11.5 Å². The van der Waals surface area contributed by atoms with E-state index in [0.717, 1.165) is 25.9 Å². The summed E-state index contributed by atoms with van der Waals surface area (Å²) in [6.07, 6.45) is 3.54. The number of aromatic nitrogens is 3. The van der Waals surface area contributed by atoms with Crippen molar-refractivity contribution < 1.29 is 9.13 Å². The topological polar surface area (TPSA) is 95.2 Å². The summed E-state index contributed by atoms with van der Waals surface area (Å²) in [5, 5.41) is 7.01. The molecule has 1 aliphatic heterocycles. The van der Waals surface area contributed by atoms with Gasteiger partial charge < -0.3 is 25.3 Å². The molecule has 0 radical (unpaired) electrons. The number of hydrogen-bond donors (Lipinski definition) is 3. The summed E-state index contributed by atoms with van der Waals surface area (Å²) in [5.41, 5.74) is 0.862. The second-order valence-electron chi connectivity index (χ2n) is 8.52. The highest BCUT2D eigenvalue weighted by molar-refractivity contribution is 9.10. The van der Waals surface area contributed by atoms with Gasteiger partial charge in [0.15, 0.2) is 0 Å². The maximum absolute atomic E-state index is 13.5. The summed E-state index contributed by atoms with van der Waals surface area (Å²) in [6, 6.07) is 13.4. The van der Waals surface area contributed by atoms with Gasteiger partial charge in [0, 0.05) is 30.1 Å². The van der Waals surface area contributed by atoms with Gasteiger partial charge in [-0.1, -0.05) is 12.1 Å². The number of piperidine rings is 1. The molecular formula is C25H24BrFN6O2. The molecule has 4 aromatic rings. The lowest BCUT2D eigenvalue weighted by Gasteiger charge is -2.29. The van der Waals surface area contributed by atoms with Crippen LogP contribution in [0.4, 0.5) is 21.8 Å². The maximum atomic E-state index is 13.5. The second kappa shape index (κ2) is 10.0. The number of ether oxygens (including phenoxy) is 1. The van der Waals surface area contributed by atoms with E-state index in [2.05, 4.69) is 53.5 Å². The van der Waals surface area contributed by atoms with Gasteiger partial charge >= 0.3 is 0 Å². The number of anilines is 3. The van der Waals surface area contributed by atoms with E-state index >= 15 is 0 Å². The summed E-state index contributed by atoms with van der Waals surface area (Å²) < 4.78 is 20.0. The van der Waals surface area contributed by atoms with Crippen molar-refractivity contribution in [1.29, 1.82) is 0 Å². The Morgan fingerprint density at radius 1 is 1.11 bits per heavy atom. The van der Waals surface area contributed by atoms with Gasteiger partial charge in [0.05, 0.1) is 9.99 Å². The van der Waals surface area contributed by atoms with E-state index in [0.29, 0.717) is 44.3 Å². The van der Waals surface area contributed by atoms with Crippen LogP contribution in [0.2, 0.25) is 0 Å². The molecule has 35 heavy (non-hydrogen) atoms. The first-order chi connectivity index (χ1) is 16.9. The van der Waals surface area contributed by atoms with Crippen LogP contribution in [0.3, 0.4) is 0 Å². The van der Waals surface area contributed by atoms with E-state index in [1.54, 1.807) is 36.5 Å². The Balaban J connectivity index is 1.47. The Morgan fingerprint density at radius 3 is 2.63 bits per heavy atom. The summed E-state index contributed by atoms with van der Waals surface area (Å²) in [7, 11) is 2.11. The molecule has 0 amide bonds. The summed E-state index contributed by atoms with van der Waals surface area (Å²) in [5.74, 6) is 1.35. The lowest BCUT2D eigenvalue weighted by atomic mass is 10.1. The van der Waals surface area contributed by atoms with Crippen molar-refractivity contribution in [2.45, 2.75) is 18.9 Å². The minimum atomic E-state index is -0.376. The normalized spacial score (nSPS) is 14.7. The van der Waals surface area contributed by atoms with Crippen molar-refractivity contribution in [3.8, 4) is 11.5 Å². The summed E-state index contributed by atoms with van der Waals surface area (Å²) in [6.45, 7) is 2.00. The van der Waals surface area contributed by atoms with E-state index in [-0.39, 0.29) is 17.4 Å². The number of hydrogen-bond acceptors (Lipinski definition) is 7. The quantitative estimate of drug-likeness (QED) is 0.308. The predicted octanol–water partition coefficient (Wildman–Crippen LogP) is 5.26. The van der Waals surface area contributed by atoms with Crippen molar-refractivity contribution in [2.75, 3.05) is 30.8 Å². The molecule has 0 spiro atoms. The number of fused-ring (bicyclic) bond motifs is 1. The molecular weight excluding hydrogens is 515 g/mol. The highest BCUT2D eigenvalue weighted by Gasteiger charge is 2.20. The van der Waals surface area contributed by atoms with Crippen molar-refractivity contribution in [2.24, 2.45) is 0 Å². The Bertz CT molecular complexity index is 1420. The lowest BCUT2D eigenvalue weighted by Crippen LogP contribution is -2.37. The van der Waals surface area contributed by atoms with Gasteiger partial charge in [-0.2, -0.15) is 4.98 Å². The van der Waals surface area contributed by atoms with Crippen molar-refractivity contribution in [3.63, 3.8) is 0 Å². The van der Waals surface area contributed by atoms with Crippen LogP contribution in [0.15, 0.2) is 64.0 Å². The molecule has 5 rings (SSSR count). The zero-order valence-electron chi connectivity index (χ0n) is 19.0. The minimum absolute atomic E-state index is 0.250. The number of H-pyrrole nitrogens is 1. The van der Waals surface area contributed by atoms with Gasteiger partial charge in [-0.05, 0) is 73.2 Å². The molecule has 1 saturated heterocycles. The molecule has 0 atom stereocenters. The van der Waals surface area contributed by atoms with Crippen LogP contribution in [0.1, 0.15) is 12.8 Å². The molecule has 8 nitrogen and oxygen atoms in total. The van der Waals surface area contributed by atoms with E-state index in [1.165, 1.54) is 12.1 Å². The highest BCUT2D eigenvalue weighted by atomic mass is 79.9. The third-order valence-electron chi connectivity index (χ3n) is 5.87. The molecule has 2 aromatic heterocycles. The molecule has 10 heteroatoms. The Morgan fingerprint density at radius 2 is 1.86 bits per heavy atom. The van der Waals surface area contributed by atoms with Crippen molar-refractivity contribution in [1.82, 2.24) is 19.9 Å². The predicted molar refractivity (Wildman–Crippen MR) is 138 cm³/mol. The first-order valence-electron chi connectivity index (χ1n) is 11.3. The number of nitrogens with zero attached hydrogens (tertiary/aromatic N) is 3. The van der Waals surface area contributed by atoms with Crippen LogP contribution in [0.25, 0.3) is 10.9 Å². The van der Waals surface area contributed by atoms with Crippen molar-refractivity contribution in [3.05, 3.63) is 75.4 Å². The zero-order chi connectivity index (χ0) is 24.4. The van der Waals surface area contributed by atoms with E-state index in [9.17, 15) is 9.18 Å². The third kappa shape index (κ3) is 5.44. The molecule has 0 saturated carbocycles. The van der Waals surface area contributed by atoms with Crippen LogP contribution in [0, 0.1) is 5.82 Å². The summed E-state index contributed by atoms with van der Waals surface area (Å²) in [4.78, 5) is 27.0. The maximum Gasteiger partial charge on any atom is 0.261 e. The second-order valence-corrected chi connectivity index (χ2v) is 9.37. The molecule has 0 aliphatic carbocycles. The van der Waals surface area contributed by atoms with E-state index in [1.807, 2.05) is 6.07 Å². The average Bonchev–Trinajstić information content (AvgIpc) is 2.83. The standard InChI is InChI=1S/C25H24BrFN6O2/c1-33-10-8-16(9-11-33)30-25-31-22-20(26)14-28-24(34)21(22)23(32-25)29-17-5-3-7-19(13-17)35-18-6-2-4-15(27)12-18/h2-7,12-14,16H,8-11H2,1H3,(H,28,34)(H2,29,30,31,32). The fourth-order valence-corrected chi connectivity index (χ4v) is 4.45. The number of rotatable bonds is 6. The van der Waals surface area contributed by atoms with Crippen molar-refractivity contribution >= 4 is 44.3 Å². The molecule has 1 fully saturated rings. The van der Waals surface area contributed by atoms with Gasteiger partial charge in [-0.15, -0.1) is 0 Å². The third-order valence-corrected chi connectivity index (χ3v) is 6.48. The van der Waals surface area contributed by atoms with Crippen LogP contribution in [-0.2, 0) is 0 Å². The Labute approximate surface area is 209 Å². The SMILES string of the molecule is CN1CCC(Nc2nc(Nc3cccc(Oc4cccc(F)c4)c3)c3c(=O)[nH]cc(Br)c3n2)CC1. The fraction of sp³-hybridized carbons (Fsp3) is 0.240. The first kappa shape index (κ1) is 23.3. The Kier molecular flexibility index (Phi) is 6.65. The number of aromatic amines is 1. The first-order valence-corrected chi connectivity index (χ1v) is 12.1. The molecule has 1 aliphatic rings. The monoisotopic (exact) mass is 538 g/mol. The van der Waals surface area contributed by atoms with Gasteiger partial charge in [-0.25, -0.2) is 9.37 Å². The number of likely N-dealkylation sites (tertiary alicyclic amines) is 1. The summed E-state index contributed by atoms with van der Waals surface area (Å²) >= 11 is 3.50. The van der Waals surface area contributed by atoms with Gasteiger partial charge in [0.1, 0.15) is 28.5 Å². The van der Waals surface area contributed by atoms with Crippen LogP contribution >= 0.6 is 15.9 Å². The molecule has 2 aromatic carbocycles. The fourth-order valence-electron chi connectivity index (χ4n) is 4.05. The largest absolute Gasteiger partial charge is 0.457 e. The number of nitrogens with one attached hydrogen (secondary N) is 3. The van der Waals surface area contributed by atoms with Crippen LogP contribution < -0.4 is 20.9 Å². The molecule has 0 unspecified atom stereocenters. The molecule has 0 bridgehead atoms. The molecule has 3 heterocycles. The van der Waals surface area contributed by atoms with Gasteiger partial charge in [-0.3, -0.25) is 4.79 Å². The number of pyridine rings is 1. The van der Waals surface area contributed by atoms with Crippen LogP contribution in [-0.4, -0.2) is 46.0 Å². The number of halogens is 2. The highest BCUT2D eigenvalue weighted by Crippen LogP contribution is 2.30.